The molecular formula is C21H33N3O4. The fraction of sp³-hybridized carbons (Fsp3) is 0.619. The van der Waals surface area contributed by atoms with Crippen molar-refractivity contribution in [1.82, 2.24) is 9.80 Å². The van der Waals surface area contributed by atoms with E-state index in [1.807, 2.05) is 52.0 Å². The van der Waals surface area contributed by atoms with E-state index < -0.39 is 0 Å². The van der Waals surface area contributed by atoms with Crippen LogP contribution >= 0.6 is 0 Å². The predicted molar refractivity (Wildman–Crippen MR) is 110 cm³/mol. The lowest BCUT2D eigenvalue weighted by molar-refractivity contribution is -0.120. The van der Waals surface area contributed by atoms with Gasteiger partial charge in [-0.05, 0) is 50.5 Å². The Hall–Kier alpha value is -2.28. The number of benzene rings is 1. The Labute approximate surface area is 168 Å². The van der Waals surface area contributed by atoms with Gasteiger partial charge in [0.1, 0.15) is 5.75 Å². The smallest absolute Gasteiger partial charge is 0.409 e. The number of carbonyl (C=O) groups is 2. The van der Waals surface area contributed by atoms with Gasteiger partial charge >= 0.3 is 6.09 Å². The monoisotopic (exact) mass is 391 g/mol. The molecule has 7 nitrogen and oxygen atoms in total. The second kappa shape index (κ2) is 10.9. The number of nitrogens with zero attached hydrogens (tertiary/aromatic N) is 2. The Morgan fingerprint density at radius 2 is 1.79 bits per heavy atom. The molecule has 1 heterocycles. The molecule has 1 aliphatic heterocycles. The van der Waals surface area contributed by atoms with E-state index in [0.29, 0.717) is 38.8 Å². The summed E-state index contributed by atoms with van der Waals surface area (Å²) in [6.07, 6.45) is 0.555. The van der Waals surface area contributed by atoms with Crippen LogP contribution in [-0.4, -0.2) is 67.2 Å². The standard InChI is InChI=1S/C21H33N3O4/c1-5-27-19-9-7-18(8-10-19)22-20(25)17(4)23-11-6-12-24(14-13-23)21(26)28-15-16(2)3/h7-10,16-17H,5-6,11-15H2,1-4H3,(H,22,25). The van der Waals surface area contributed by atoms with Crippen molar-refractivity contribution in [1.29, 1.82) is 0 Å². The van der Waals surface area contributed by atoms with Gasteiger partial charge in [0.2, 0.25) is 5.91 Å². The molecule has 0 aliphatic carbocycles. The molecule has 0 bridgehead atoms. The molecule has 1 saturated heterocycles. The maximum Gasteiger partial charge on any atom is 0.409 e. The van der Waals surface area contributed by atoms with Crippen LogP contribution in [0.25, 0.3) is 0 Å². The molecule has 1 aliphatic rings. The van der Waals surface area contributed by atoms with Crippen molar-refractivity contribution in [2.45, 2.75) is 40.2 Å². The van der Waals surface area contributed by atoms with E-state index >= 15 is 0 Å². The summed E-state index contributed by atoms with van der Waals surface area (Å²) >= 11 is 0. The first-order chi connectivity index (χ1) is 13.4. The van der Waals surface area contributed by atoms with E-state index in [-0.39, 0.29) is 18.0 Å². The lowest BCUT2D eigenvalue weighted by Gasteiger charge is -2.27. The van der Waals surface area contributed by atoms with E-state index in [9.17, 15) is 9.59 Å². The van der Waals surface area contributed by atoms with Crippen LogP contribution in [0.15, 0.2) is 24.3 Å². The van der Waals surface area contributed by atoms with Crippen LogP contribution < -0.4 is 10.1 Å². The molecule has 156 valence electrons. The Morgan fingerprint density at radius 3 is 2.43 bits per heavy atom. The maximum absolute atomic E-state index is 12.6. The molecule has 1 aromatic carbocycles. The molecule has 0 spiro atoms. The normalized spacial score (nSPS) is 16.4. The zero-order chi connectivity index (χ0) is 20.5. The summed E-state index contributed by atoms with van der Waals surface area (Å²) in [5.41, 5.74) is 0.744. The van der Waals surface area contributed by atoms with Gasteiger partial charge in [0, 0.05) is 31.9 Å². The van der Waals surface area contributed by atoms with Crippen LogP contribution in [0.5, 0.6) is 5.75 Å². The molecule has 2 rings (SSSR count). The SMILES string of the molecule is CCOc1ccc(NC(=O)C(C)N2CCCN(C(=O)OCC(C)C)CC2)cc1. The lowest BCUT2D eigenvalue weighted by Crippen LogP contribution is -2.44. The summed E-state index contributed by atoms with van der Waals surface area (Å²) in [6, 6.07) is 7.08. The highest BCUT2D eigenvalue weighted by Crippen LogP contribution is 2.17. The minimum absolute atomic E-state index is 0.0556. The van der Waals surface area contributed by atoms with Gasteiger partial charge in [-0.3, -0.25) is 9.69 Å². The molecule has 0 aromatic heterocycles. The van der Waals surface area contributed by atoms with Gasteiger partial charge in [0.15, 0.2) is 0 Å². The minimum Gasteiger partial charge on any atom is -0.494 e. The van der Waals surface area contributed by atoms with Crippen LogP contribution in [0.3, 0.4) is 0 Å². The molecule has 1 atom stereocenters. The summed E-state index contributed by atoms with van der Waals surface area (Å²) in [5, 5.41) is 2.95. The van der Waals surface area contributed by atoms with Crippen LogP contribution in [0.4, 0.5) is 10.5 Å². The molecule has 2 amide bonds. The Morgan fingerprint density at radius 1 is 1.07 bits per heavy atom. The first-order valence-corrected chi connectivity index (χ1v) is 10.1. The average Bonchev–Trinajstić information content (AvgIpc) is 2.93. The summed E-state index contributed by atoms with van der Waals surface area (Å²) in [5.74, 6) is 1.05. The zero-order valence-corrected chi connectivity index (χ0v) is 17.4. The summed E-state index contributed by atoms with van der Waals surface area (Å²) in [7, 11) is 0. The number of hydrogen-bond acceptors (Lipinski definition) is 5. The molecule has 1 fully saturated rings. The molecule has 0 saturated carbocycles. The fourth-order valence-electron chi connectivity index (χ4n) is 3.05. The summed E-state index contributed by atoms with van der Waals surface area (Å²) in [4.78, 5) is 28.7. The van der Waals surface area contributed by atoms with Crippen molar-refractivity contribution in [3.8, 4) is 5.75 Å². The largest absolute Gasteiger partial charge is 0.494 e. The number of nitrogens with one attached hydrogen (secondary N) is 1. The molecule has 1 aromatic rings. The van der Waals surface area contributed by atoms with Crippen molar-refractivity contribution >= 4 is 17.7 Å². The third kappa shape index (κ3) is 6.71. The molecule has 28 heavy (non-hydrogen) atoms. The van der Waals surface area contributed by atoms with Gasteiger partial charge in [0.25, 0.3) is 0 Å². The highest BCUT2D eigenvalue weighted by molar-refractivity contribution is 5.94. The Bertz CT molecular complexity index is 633. The molecule has 1 unspecified atom stereocenters. The molecule has 7 heteroatoms. The van der Waals surface area contributed by atoms with Crippen molar-refractivity contribution in [3.63, 3.8) is 0 Å². The maximum atomic E-state index is 12.6. The number of anilines is 1. The third-order valence-electron chi connectivity index (χ3n) is 4.69. The van der Waals surface area contributed by atoms with Crippen molar-refractivity contribution < 1.29 is 19.1 Å². The molecule has 1 N–H and O–H groups in total. The first kappa shape index (κ1) is 22.0. The van der Waals surface area contributed by atoms with Crippen molar-refractivity contribution in [2.24, 2.45) is 5.92 Å². The van der Waals surface area contributed by atoms with Crippen molar-refractivity contribution in [3.05, 3.63) is 24.3 Å². The van der Waals surface area contributed by atoms with Gasteiger partial charge in [0.05, 0.1) is 19.3 Å². The highest BCUT2D eigenvalue weighted by atomic mass is 16.6. The second-order valence-electron chi connectivity index (χ2n) is 7.47. The highest BCUT2D eigenvalue weighted by Gasteiger charge is 2.26. The van der Waals surface area contributed by atoms with Crippen LogP contribution in [0, 0.1) is 5.92 Å². The number of carbonyl (C=O) groups excluding carboxylic acids is 2. The van der Waals surface area contributed by atoms with Gasteiger partial charge in [-0.1, -0.05) is 13.8 Å². The predicted octanol–water partition coefficient (Wildman–Crippen LogP) is 3.21. The topological polar surface area (TPSA) is 71.1 Å². The van der Waals surface area contributed by atoms with Gasteiger partial charge < -0.3 is 19.7 Å². The van der Waals surface area contributed by atoms with E-state index in [1.54, 1.807) is 4.90 Å². The lowest BCUT2D eigenvalue weighted by atomic mass is 10.2. The van der Waals surface area contributed by atoms with Crippen molar-refractivity contribution in [2.75, 3.05) is 44.7 Å². The van der Waals surface area contributed by atoms with Crippen LogP contribution in [0.1, 0.15) is 34.1 Å². The van der Waals surface area contributed by atoms with Gasteiger partial charge in [-0.25, -0.2) is 4.79 Å². The molecule has 0 radical (unpaired) electrons. The second-order valence-corrected chi connectivity index (χ2v) is 7.47. The van der Waals surface area contributed by atoms with Crippen LogP contribution in [0.2, 0.25) is 0 Å². The summed E-state index contributed by atoms with van der Waals surface area (Å²) < 4.78 is 10.7. The number of amides is 2. The number of hydrogen-bond donors (Lipinski definition) is 1. The number of ether oxygens (including phenoxy) is 2. The fourth-order valence-corrected chi connectivity index (χ4v) is 3.05. The quantitative estimate of drug-likeness (QED) is 0.773. The minimum atomic E-state index is -0.279. The van der Waals surface area contributed by atoms with Gasteiger partial charge in [-0.2, -0.15) is 0 Å². The average molecular weight is 392 g/mol. The van der Waals surface area contributed by atoms with Gasteiger partial charge in [-0.15, -0.1) is 0 Å². The Balaban J connectivity index is 1.85. The first-order valence-electron chi connectivity index (χ1n) is 10.1. The van der Waals surface area contributed by atoms with E-state index in [1.165, 1.54) is 0 Å². The Kier molecular flexibility index (Phi) is 8.57. The third-order valence-corrected chi connectivity index (χ3v) is 4.69. The van der Waals surface area contributed by atoms with E-state index in [4.69, 9.17) is 9.47 Å². The van der Waals surface area contributed by atoms with E-state index in [2.05, 4.69) is 10.2 Å². The zero-order valence-electron chi connectivity index (χ0n) is 17.4. The van der Waals surface area contributed by atoms with Crippen LogP contribution in [-0.2, 0) is 9.53 Å². The molecular weight excluding hydrogens is 358 g/mol. The number of rotatable bonds is 7. The van der Waals surface area contributed by atoms with E-state index in [0.717, 1.165) is 24.4 Å². The summed E-state index contributed by atoms with van der Waals surface area (Å²) in [6.45, 7) is 11.5.